The molecule has 0 aliphatic carbocycles. The van der Waals surface area contributed by atoms with Gasteiger partial charge in [0.2, 0.25) is 11.8 Å². The lowest BCUT2D eigenvalue weighted by atomic mass is 10.3. The molecule has 1 N–H and O–H groups in total. The molecule has 0 fully saturated rings. The average Bonchev–Trinajstić information content (AvgIpc) is 3.08. The summed E-state index contributed by atoms with van der Waals surface area (Å²) < 4.78 is 10.3. The normalized spacial score (nSPS) is 10.2. The van der Waals surface area contributed by atoms with Crippen molar-refractivity contribution in [1.29, 1.82) is 0 Å². The number of hydrogen-bond acceptors (Lipinski definition) is 4. The number of furan rings is 2. The molecule has 0 saturated heterocycles. The monoisotopic (exact) mass is 276 g/mol. The Balaban J connectivity index is 1.84. The number of amides is 2. The number of nitrogens with zero attached hydrogens (tertiary/aromatic N) is 1. The Bertz CT molecular complexity index is 546. The van der Waals surface area contributed by atoms with E-state index in [-0.39, 0.29) is 24.9 Å². The predicted octanol–water partition coefficient (Wildman–Crippen LogP) is 1.54. The minimum Gasteiger partial charge on any atom is -0.467 e. The molecule has 2 aromatic heterocycles. The van der Waals surface area contributed by atoms with Crippen molar-refractivity contribution >= 4 is 11.8 Å². The van der Waals surface area contributed by atoms with Crippen LogP contribution in [0.4, 0.5) is 0 Å². The molecule has 2 heterocycles. The molecule has 0 atom stereocenters. The second-order valence-electron chi connectivity index (χ2n) is 4.31. The summed E-state index contributed by atoms with van der Waals surface area (Å²) >= 11 is 0. The number of hydrogen-bond donors (Lipinski definition) is 1. The first-order chi connectivity index (χ1) is 9.65. The molecule has 0 aromatic carbocycles. The lowest BCUT2D eigenvalue weighted by Crippen LogP contribution is -2.39. The van der Waals surface area contributed by atoms with E-state index in [1.807, 2.05) is 0 Å². The first kappa shape index (κ1) is 13.9. The maximum Gasteiger partial charge on any atom is 0.240 e. The molecule has 0 aliphatic heterocycles. The van der Waals surface area contributed by atoms with E-state index < -0.39 is 0 Å². The van der Waals surface area contributed by atoms with Gasteiger partial charge in [0.25, 0.3) is 0 Å². The van der Waals surface area contributed by atoms with Crippen LogP contribution >= 0.6 is 0 Å². The topological polar surface area (TPSA) is 75.7 Å². The summed E-state index contributed by atoms with van der Waals surface area (Å²) in [6.45, 7) is 1.98. The fourth-order valence-electron chi connectivity index (χ4n) is 1.70. The lowest BCUT2D eigenvalue weighted by Gasteiger charge is -2.19. The maximum absolute atomic E-state index is 11.8. The molecule has 2 aromatic rings. The molecule has 0 aliphatic rings. The van der Waals surface area contributed by atoms with Crippen molar-refractivity contribution in [2.45, 2.75) is 20.0 Å². The number of rotatable bonds is 6. The minimum absolute atomic E-state index is 0.0171. The van der Waals surface area contributed by atoms with E-state index in [2.05, 4.69) is 5.32 Å². The van der Waals surface area contributed by atoms with Gasteiger partial charge in [0, 0.05) is 6.92 Å². The summed E-state index contributed by atoms with van der Waals surface area (Å²) in [5, 5.41) is 2.69. The summed E-state index contributed by atoms with van der Waals surface area (Å²) in [5.41, 5.74) is 0. The number of carbonyl (C=O) groups is 2. The predicted molar refractivity (Wildman–Crippen MR) is 70.4 cm³/mol. The Morgan fingerprint density at radius 1 is 1.15 bits per heavy atom. The fourth-order valence-corrected chi connectivity index (χ4v) is 1.70. The molecule has 20 heavy (non-hydrogen) atoms. The highest BCUT2D eigenvalue weighted by molar-refractivity contribution is 5.83. The van der Waals surface area contributed by atoms with E-state index in [1.165, 1.54) is 18.1 Å². The Morgan fingerprint density at radius 3 is 2.35 bits per heavy atom. The van der Waals surface area contributed by atoms with Crippen molar-refractivity contribution in [3.05, 3.63) is 48.3 Å². The summed E-state index contributed by atoms with van der Waals surface area (Å²) in [4.78, 5) is 24.7. The Kier molecular flexibility index (Phi) is 4.60. The second-order valence-corrected chi connectivity index (χ2v) is 4.31. The van der Waals surface area contributed by atoms with Crippen molar-refractivity contribution in [2.24, 2.45) is 0 Å². The third kappa shape index (κ3) is 4.01. The number of nitrogens with one attached hydrogen (secondary N) is 1. The first-order valence-electron chi connectivity index (χ1n) is 6.22. The third-order valence-corrected chi connectivity index (χ3v) is 2.75. The Hall–Kier alpha value is -2.50. The fraction of sp³-hybridized carbons (Fsp3) is 0.286. The van der Waals surface area contributed by atoms with Crippen LogP contribution in [-0.4, -0.2) is 23.3 Å². The van der Waals surface area contributed by atoms with E-state index in [1.54, 1.807) is 30.5 Å². The zero-order valence-electron chi connectivity index (χ0n) is 11.2. The van der Waals surface area contributed by atoms with Crippen molar-refractivity contribution < 1.29 is 18.4 Å². The van der Waals surface area contributed by atoms with Crippen LogP contribution in [0.15, 0.2) is 45.6 Å². The van der Waals surface area contributed by atoms with E-state index in [0.29, 0.717) is 18.1 Å². The van der Waals surface area contributed by atoms with Crippen LogP contribution in [0, 0.1) is 0 Å². The van der Waals surface area contributed by atoms with Crippen molar-refractivity contribution in [1.82, 2.24) is 10.2 Å². The zero-order valence-corrected chi connectivity index (χ0v) is 11.2. The third-order valence-electron chi connectivity index (χ3n) is 2.75. The van der Waals surface area contributed by atoms with Crippen LogP contribution in [0.25, 0.3) is 0 Å². The van der Waals surface area contributed by atoms with Crippen LogP contribution in [0.5, 0.6) is 0 Å². The molecule has 2 rings (SSSR count). The van der Waals surface area contributed by atoms with Gasteiger partial charge in [-0.1, -0.05) is 0 Å². The van der Waals surface area contributed by atoms with Gasteiger partial charge in [0.15, 0.2) is 0 Å². The largest absolute Gasteiger partial charge is 0.467 e. The van der Waals surface area contributed by atoms with Gasteiger partial charge in [-0.2, -0.15) is 0 Å². The minimum atomic E-state index is -0.247. The molecular weight excluding hydrogens is 260 g/mol. The van der Waals surface area contributed by atoms with E-state index in [0.717, 1.165) is 0 Å². The standard InChI is InChI=1S/C14H16N2O4/c1-11(17)16(9-13-5-3-7-20-13)10-14(18)15-8-12-4-2-6-19-12/h2-7H,8-10H2,1H3,(H,15,18). The molecule has 0 unspecified atom stereocenters. The van der Waals surface area contributed by atoms with Gasteiger partial charge < -0.3 is 19.1 Å². The lowest BCUT2D eigenvalue weighted by molar-refractivity contribution is -0.135. The second kappa shape index (κ2) is 6.60. The molecule has 6 nitrogen and oxygen atoms in total. The van der Waals surface area contributed by atoms with Crippen molar-refractivity contribution in [3.8, 4) is 0 Å². The molecule has 2 amide bonds. The van der Waals surface area contributed by atoms with Crippen LogP contribution in [0.2, 0.25) is 0 Å². The highest BCUT2D eigenvalue weighted by Gasteiger charge is 2.15. The van der Waals surface area contributed by atoms with Gasteiger partial charge in [0.1, 0.15) is 11.5 Å². The smallest absolute Gasteiger partial charge is 0.240 e. The summed E-state index contributed by atoms with van der Waals surface area (Å²) in [6, 6.07) is 7.02. The molecule has 6 heteroatoms. The summed E-state index contributed by atoms with van der Waals surface area (Å²) in [7, 11) is 0. The van der Waals surface area contributed by atoms with Crippen LogP contribution < -0.4 is 5.32 Å². The van der Waals surface area contributed by atoms with Crippen LogP contribution in [0.3, 0.4) is 0 Å². The summed E-state index contributed by atoms with van der Waals surface area (Å²) in [6.07, 6.45) is 3.07. The van der Waals surface area contributed by atoms with E-state index in [4.69, 9.17) is 8.83 Å². The van der Waals surface area contributed by atoms with Gasteiger partial charge in [-0.05, 0) is 24.3 Å². The SMILES string of the molecule is CC(=O)N(CC(=O)NCc1ccco1)Cc1ccco1. The first-order valence-corrected chi connectivity index (χ1v) is 6.22. The highest BCUT2D eigenvalue weighted by atomic mass is 16.3. The molecule has 0 saturated carbocycles. The van der Waals surface area contributed by atoms with Gasteiger partial charge in [-0.3, -0.25) is 9.59 Å². The van der Waals surface area contributed by atoms with Crippen molar-refractivity contribution in [3.63, 3.8) is 0 Å². The molecule has 0 radical (unpaired) electrons. The van der Waals surface area contributed by atoms with E-state index >= 15 is 0 Å². The van der Waals surface area contributed by atoms with E-state index in [9.17, 15) is 9.59 Å². The van der Waals surface area contributed by atoms with Crippen molar-refractivity contribution in [2.75, 3.05) is 6.54 Å². The van der Waals surface area contributed by atoms with Crippen LogP contribution in [-0.2, 0) is 22.7 Å². The molecule has 0 bridgehead atoms. The Labute approximate surface area is 116 Å². The molecule has 106 valence electrons. The quantitative estimate of drug-likeness (QED) is 0.868. The highest BCUT2D eigenvalue weighted by Crippen LogP contribution is 2.05. The van der Waals surface area contributed by atoms with Crippen LogP contribution in [0.1, 0.15) is 18.4 Å². The zero-order chi connectivity index (χ0) is 14.4. The van der Waals surface area contributed by atoms with Gasteiger partial charge >= 0.3 is 0 Å². The van der Waals surface area contributed by atoms with Gasteiger partial charge in [-0.25, -0.2) is 0 Å². The molecular formula is C14H16N2O4. The molecule has 0 spiro atoms. The Morgan fingerprint density at radius 2 is 1.80 bits per heavy atom. The average molecular weight is 276 g/mol. The maximum atomic E-state index is 11.8. The number of carbonyl (C=O) groups excluding carboxylic acids is 2. The summed E-state index contributed by atoms with van der Waals surface area (Å²) in [5.74, 6) is 0.871. The van der Waals surface area contributed by atoms with Gasteiger partial charge in [0.05, 0.1) is 32.2 Å². The van der Waals surface area contributed by atoms with Gasteiger partial charge in [-0.15, -0.1) is 0 Å².